The van der Waals surface area contributed by atoms with Crippen LogP contribution in [0.3, 0.4) is 0 Å². The van der Waals surface area contributed by atoms with Gasteiger partial charge in [0.25, 0.3) is 0 Å². The molecule has 1 N–H and O–H groups in total. The third-order valence-electron chi connectivity index (χ3n) is 4.46. The van der Waals surface area contributed by atoms with Gasteiger partial charge < -0.3 is 9.84 Å². The fourth-order valence-electron chi connectivity index (χ4n) is 2.92. The van der Waals surface area contributed by atoms with Crippen LogP contribution in [0.5, 0.6) is 11.5 Å². The minimum absolute atomic E-state index is 0.109. The number of aryl methyl sites for hydroxylation is 1. The summed E-state index contributed by atoms with van der Waals surface area (Å²) in [5.41, 5.74) is 3.28. The molecule has 1 aromatic heterocycles. The SMILES string of the molecule is CCCC(CC)COc1ccc(-n2nc3ccc(C)cc3n2)c(O)c1. The number of nitrogens with zero attached hydrogens (tertiary/aromatic N) is 3. The molecule has 0 bridgehead atoms. The van der Waals surface area contributed by atoms with Crippen LogP contribution in [-0.4, -0.2) is 26.7 Å². The smallest absolute Gasteiger partial charge is 0.146 e. The second-order valence-corrected chi connectivity index (χ2v) is 6.51. The van der Waals surface area contributed by atoms with Crippen LogP contribution in [0.25, 0.3) is 16.7 Å². The van der Waals surface area contributed by atoms with Crippen molar-refractivity contribution in [2.45, 2.75) is 40.0 Å². The molecule has 0 spiro atoms. The maximum absolute atomic E-state index is 10.4. The number of rotatable bonds is 7. The van der Waals surface area contributed by atoms with Gasteiger partial charge in [0.15, 0.2) is 0 Å². The summed E-state index contributed by atoms with van der Waals surface area (Å²) in [5.74, 6) is 1.33. The molecule has 0 aliphatic carbocycles. The Morgan fingerprint density at radius 3 is 2.60 bits per heavy atom. The van der Waals surface area contributed by atoms with Crippen LogP contribution in [0, 0.1) is 12.8 Å². The minimum Gasteiger partial charge on any atom is -0.505 e. The van der Waals surface area contributed by atoms with Gasteiger partial charge in [0.05, 0.1) is 6.61 Å². The number of ether oxygens (including phenoxy) is 1. The van der Waals surface area contributed by atoms with Crippen LogP contribution in [0.1, 0.15) is 38.7 Å². The molecule has 25 heavy (non-hydrogen) atoms. The van der Waals surface area contributed by atoms with Crippen molar-refractivity contribution in [3.63, 3.8) is 0 Å². The lowest BCUT2D eigenvalue weighted by molar-refractivity contribution is 0.234. The van der Waals surface area contributed by atoms with Crippen molar-refractivity contribution in [3.8, 4) is 17.2 Å². The molecule has 2 aromatic carbocycles. The highest BCUT2D eigenvalue weighted by Crippen LogP contribution is 2.27. The van der Waals surface area contributed by atoms with E-state index in [-0.39, 0.29) is 5.75 Å². The van der Waals surface area contributed by atoms with E-state index in [1.807, 2.05) is 31.2 Å². The number of phenolic OH excluding ortho intramolecular Hbond substituents is 1. The van der Waals surface area contributed by atoms with E-state index in [0.717, 1.165) is 35.9 Å². The van der Waals surface area contributed by atoms with Crippen molar-refractivity contribution in [1.29, 1.82) is 0 Å². The van der Waals surface area contributed by atoms with Crippen LogP contribution in [-0.2, 0) is 0 Å². The molecule has 1 atom stereocenters. The zero-order chi connectivity index (χ0) is 17.8. The second kappa shape index (κ2) is 7.55. The monoisotopic (exact) mass is 339 g/mol. The maximum Gasteiger partial charge on any atom is 0.146 e. The van der Waals surface area contributed by atoms with Gasteiger partial charge in [-0.2, -0.15) is 0 Å². The van der Waals surface area contributed by atoms with Gasteiger partial charge in [0.2, 0.25) is 0 Å². The average Bonchev–Trinajstić information content (AvgIpc) is 3.01. The lowest BCUT2D eigenvalue weighted by Gasteiger charge is -2.15. The van der Waals surface area contributed by atoms with Gasteiger partial charge >= 0.3 is 0 Å². The summed E-state index contributed by atoms with van der Waals surface area (Å²) in [6, 6.07) is 11.2. The van der Waals surface area contributed by atoms with Gasteiger partial charge in [-0.1, -0.05) is 32.8 Å². The summed E-state index contributed by atoms with van der Waals surface area (Å²) in [5, 5.41) is 19.3. The summed E-state index contributed by atoms with van der Waals surface area (Å²) in [4.78, 5) is 1.47. The molecule has 3 rings (SSSR count). The van der Waals surface area contributed by atoms with Gasteiger partial charge in [-0.3, -0.25) is 0 Å². The molecule has 132 valence electrons. The standard InChI is InChI=1S/C20H25N3O2/c1-4-6-15(5-2)13-25-16-8-10-19(20(24)12-16)23-21-17-9-7-14(3)11-18(17)22-23/h7-12,15,24H,4-6,13H2,1-3H3. The molecule has 0 fully saturated rings. The molecular formula is C20H25N3O2. The molecule has 0 amide bonds. The first-order valence-corrected chi connectivity index (χ1v) is 8.90. The average molecular weight is 339 g/mol. The zero-order valence-electron chi connectivity index (χ0n) is 15.1. The first-order chi connectivity index (χ1) is 12.1. The Hall–Kier alpha value is -2.56. The van der Waals surface area contributed by atoms with E-state index in [1.54, 1.807) is 12.1 Å². The molecule has 0 aliphatic heterocycles. The quantitative estimate of drug-likeness (QED) is 0.681. The van der Waals surface area contributed by atoms with E-state index < -0.39 is 0 Å². The van der Waals surface area contributed by atoms with E-state index in [1.165, 1.54) is 4.80 Å². The molecule has 3 aromatic rings. The van der Waals surface area contributed by atoms with Crippen molar-refractivity contribution in [2.75, 3.05) is 6.61 Å². The van der Waals surface area contributed by atoms with Gasteiger partial charge in [-0.05, 0) is 49.1 Å². The fraction of sp³-hybridized carbons (Fsp3) is 0.400. The predicted octanol–water partition coefficient (Wildman–Crippen LogP) is 4.64. The minimum atomic E-state index is 0.109. The fourth-order valence-corrected chi connectivity index (χ4v) is 2.92. The van der Waals surface area contributed by atoms with Crippen LogP contribution in [0.2, 0.25) is 0 Å². The first kappa shape index (κ1) is 17.3. The zero-order valence-corrected chi connectivity index (χ0v) is 15.1. The third kappa shape index (κ3) is 3.92. The number of phenols is 1. The topological polar surface area (TPSA) is 60.2 Å². The van der Waals surface area contributed by atoms with Crippen LogP contribution >= 0.6 is 0 Å². The number of aromatic nitrogens is 3. The Bertz CT molecular complexity index is 857. The summed E-state index contributed by atoms with van der Waals surface area (Å²) in [7, 11) is 0. The summed E-state index contributed by atoms with van der Waals surface area (Å²) in [6.07, 6.45) is 3.41. The predicted molar refractivity (Wildman–Crippen MR) is 99.5 cm³/mol. The Labute approximate surface area is 148 Å². The van der Waals surface area contributed by atoms with E-state index in [9.17, 15) is 5.11 Å². The third-order valence-corrected chi connectivity index (χ3v) is 4.46. The van der Waals surface area contributed by atoms with Crippen molar-refractivity contribution < 1.29 is 9.84 Å². The van der Waals surface area contributed by atoms with E-state index >= 15 is 0 Å². The van der Waals surface area contributed by atoms with Crippen molar-refractivity contribution in [1.82, 2.24) is 15.0 Å². The highest BCUT2D eigenvalue weighted by atomic mass is 16.5. The second-order valence-electron chi connectivity index (χ2n) is 6.51. The van der Waals surface area contributed by atoms with Gasteiger partial charge in [0.1, 0.15) is 28.2 Å². The van der Waals surface area contributed by atoms with E-state index in [4.69, 9.17) is 4.74 Å². The molecule has 0 saturated heterocycles. The van der Waals surface area contributed by atoms with E-state index in [2.05, 4.69) is 24.0 Å². The molecule has 0 radical (unpaired) electrons. The molecule has 0 saturated carbocycles. The lowest BCUT2D eigenvalue weighted by Crippen LogP contribution is -2.11. The van der Waals surface area contributed by atoms with Crippen molar-refractivity contribution >= 4 is 11.0 Å². The summed E-state index contributed by atoms with van der Waals surface area (Å²) >= 11 is 0. The molecule has 0 aliphatic rings. The number of aromatic hydroxyl groups is 1. The summed E-state index contributed by atoms with van der Waals surface area (Å²) < 4.78 is 5.85. The van der Waals surface area contributed by atoms with Crippen molar-refractivity contribution in [3.05, 3.63) is 42.0 Å². The Kier molecular flexibility index (Phi) is 5.22. The molecule has 5 nitrogen and oxygen atoms in total. The van der Waals surface area contributed by atoms with E-state index in [0.29, 0.717) is 24.0 Å². The Balaban J connectivity index is 1.79. The largest absolute Gasteiger partial charge is 0.505 e. The number of hydrogen-bond acceptors (Lipinski definition) is 4. The van der Waals surface area contributed by atoms with Gasteiger partial charge in [-0.15, -0.1) is 15.0 Å². The molecule has 5 heteroatoms. The number of fused-ring (bicyclic) bond motifs is 1. The van der Waals surface area contributed by atoms with Crippen LogP contribution < -0.4 is 4.74 Å². The first-order valence-electron chi connectivity index (χ1n) is 8.90. The van der Waals surface area contributed by atoms with Crippen LogP contribution in [0.4, 0.5) is 0 Å². The number of benzene rings is 2. The highest BCUT2D eigenvalue weighted by molar-refractivity contribution is 5.74. The molecule has 1 heterocycles. The molecular weight excluding hydrogens is 314 g/mol. The van der Waals surface area contributed by atoms with Gasteiger partial charge in [0, 0.05) is 6.07 Å². The van der Waals surface area contributed by atoms with Crippen LogP contribution in [0.15, 0.2) is 36.4 Å². The normalized spacial score (nSPS) is 12.4. The van der Waals surface area contributed by atoms with Gasteiger partial charge in [-0.25, -0.2) is 0 Å². The molecule has 1 unspecified atom stereocenters. The Morgan fingerprint density at radius 2 is 1.88 bits per heavy atom. The lowest BCUT2D eigenvalue weighted by atomic mass is 10.0. The van der Waals surface area contributed by atoms with Crippen molar-refractivity contribution in [2.24, 2.45) is 5.92 Å². The summed E-state index contributed by atoms with van der Waals surface area (Å²) in [6.45, 7) is 7.06. The Morgan fingerprint density at radius 1 is 1.08 bits per heavy atom. The highest BCUT2D eigenvalue weighted by Gasteiger charge is 2.11. The number of hydrogen-bond donors (Lipinski definition) is 1. The maximum atomic E-state index is 10.4.